The van der Waals surface area contributed by atoms with Gasteiger partial charge in [-0.3, -0.25) is 14.4 Å². The van der Waals surface area contributed by atoms with E-state index in [0.29, 0.717) is 24.2 Å². The van der Waals surface area contributed by atoms with Crippen LogP contribution < -0.4 is 15.4 Å². The molecule has 1 aliphatic heterocycles. The number of nitrogens with two attached hydrogens (primary N) is 1. The molecule has 1 saturated heterocycles. The number of esters is 1. The van der Waals surface area contributed by atoms with Gasteiger partial charge in [0.1, 0.15) is 0 Å². The molecule has 0 aromatic heterocycles. The number of benzene rings is 3. The van der Waals surface area contributed by atoms with Crippen LogP contribution in [0.2, 0.25) is 0 Å². The monoisotopic (exact) mass is 535 g/mol. The van der Waals surface area contributed by atoms with Crippen molar-refractivity contribution in [2.75, 3.05) is 18.1 Å². The topological polar surface area (TPSA) is 153 Å². The molecular weight excluding hydrogens is 510 g/mol. The smallest absolute Gasteiger partial charge is 0.338 e. The quantitative estimate of drug-likeness (QED) is 0.227. The summed E-state index contributed by atoms with van der Waals surface area (Å²) < 4.78 is 27.8. The molecule has 38 heavy (non-hydrogen) atoms. The van der Waals surface area contributed by atoms with Crippen molar-refractivity contribution >= 4 is 39.3 Å². The van der Waals surface area contributed by atoms with Crippen molar-refractivity contribution in [1.82, 2.24) is 5.32 Å². The van der Waals surface area contributed by atoms with Gasteiger partial charge >= 0.3 is 5.97 Å². The Morgan fingerprint density at radius 2 is 1.58 bits per heavy atom. The second-order valence-electron chi connectivity index (χ2n) is 8.63. The molecule has 1 fully saturated rings. The van der Waals surface area contributed by atoms with E-state index in [1.165, 1.54) is 36.4 Å². The Kier molecular flexibility index (Phi) is 8.10. The average molecular weight is 536 g/mol. The van der Waals surface area contributed by atoms with Gasteiger partial charge in [-0.2, -0.15) is 0 Å². The molecule has 10 nitrogen and oxygen atoms in total. The summed E-state index contributed by atoms with van der Waals surface area (Å²) >= 11 is 0. The predicted octanol–water partition coefficient (Wildman–Crippen LogP) is 1.84. The van der Waals surface area contributed by atoms with Crippen LogP contribution in [-0.4, -0.2) is 51.2 Å². The third-order valence-electron chi connectivity index (χ3n) is 5.99. The summed E-state index contributed by atoms with van der Waals surface area (Å²) in [5.74, 6) is -1.82. The lowest BCUT2D eigenvalue weighted by atomic mass is 10.1. The number of nitrogens with one attached hydrogen (secondary N) is 1. The summed E-state index contributed by atoms with van der Waals surface area (Å²) in [5.41, 5.74) is 1.77. The molecule has 3 aromatic carbocycles. The molecule has 2 amide bonds. The van der Waals surface area contributed by atoms with Crippen molar-refractivity contribution in [2.45, 2.75) is 23.8 Å². The zero-order valence-electron chi connectivity index (χ0n) is 20.2. The number of amides is 2. The molecule has 11 heteroatoms. The summed E-state index contributed by atoms with van der Waals surface area (Å²) in [5, 5.41) is 8.16. The highest BCUT2D eigenvalue weighted by Gasteiger charge is 2.39. The number of carbonyl (C=O) groups is 4. The van der Waals surface area contributed by atoms with Crippen LogP contribution in [0.5, 0.6) is 0 Å². The van der Waals surface area contributed by atoms with E-state index in [9.17, 15) is 27.6 Å². The first-order valence-corrected chi connectivity index (χ1v) is 13.3. The van der Waals surface area contributed by atoms with Crippen molar-refractivity contribution in [3.8, 4) is 0 Å². The highest BCUT2D eigenvalue weighted by molar-refractivity contribution is 7.89. The Labute approximate surface area is 219 Å². The third-order valence-corrected chi connectivity index (χ3v) is 6.92. The maximum Gasteiger partial charge on any atom is 0.338 e. The van der Waals surface area contributed by atoms with Crippen LogP contribution >= 0.6 is 0 Å². The van der Waals surface area contributed by atoms with E-state index in [0.717, 1.165) is 10.5 Å². The minimum Gasteiger partial charge on any atom is -0.454 e. The number of carbonyl (C=O) groups excluding carboxylic acids is 4. The van der Waals surface area contributed by atoms with Gasteiger partial charge < -0.3 is 10.1 Å². The molecular formula is C27H25N3O7S. The van der Waals surface area contributed by atoms with Gasteiger partial charge in [0, 0.05) is 5.56 Å². The maximum absolute atomic E-state index is 12.9. The molecule has 0 aliphatic carbocycles. The second-order valence-corrected chi connectivity index (χ2v) is 10.2. The Morgan fingerprint density at radius 1 is 0.921 bits per heavy atom. The molecule has 4 rings (SSSR count). The molecule has 0 radical (unpaired) electrons. The molecule has 1 unspecified atom stereocenters. The number of ether oxygens (including phenoxy) is 1. The molecule has 3 aromatic rings. The van der Waals surface area contributed by atoms with Crippen LogP contribution in [0.15, 0.2) is 83.8 Å². The number of sulfonamides is 1. The number of imide groups is 1. The zero-order chi connectivity index (χ0) is 27.3. The summed E-state index contributed by atoms with van der Waals surface area (Å²) in [6.45, 7) is -0.0178. The lowest BCUT2D eigenvalue weighted by Crippen LogP contribution is -2.39. The zero-order valence-corrected chi connectivity index (χ0v) is 21.0. The van der Waals surface area contributed by atoms with Crippen molar-refractivity contribution < 1.29 is 32.3 Å². The first kappa shape index (κ1) is 26.9. The Hall–Kier alpha value is -4.19. The summed E-state index contributed by atoms with van der Waals surface area (Å²) in [6, 6.07) is 19.7. The van der Waals surface area contributed by atoms with E-state index in [1.54, 1.807) is 42.5 Å². The lowest BCUT2D eigenvalue weighted by molar-refractivity contribution is -0.121. The molecule has 0 bridgehead atoms. The van der Waals surface area contributed by atoms with E-state index >= 15 is 0 Å². The van der Waals surface area contributed by atoms with E-state index < -0.39 is 34.5 Å². The fourth-order valence-corrected chi connectivity index (χ4v) is 4.48. The standard InChI is InChI=1S/C27H25N3O7S/c28-38(35,36)22-12-6-18(7-13-22)14-15-29-23-16-25(32)30(26(23)33)21-10-8-20(9-11-21)27(34)37-17-24(31)19-4-2-1-3-5-19/h1-13,23,29H,14-17H2,(H2,28,35,36). The first-order valence-electron chi connectivity index (χ1n) is 11.7. The Morgan fingerprint density at radius 3 is 2.21 bits per heavy atom. The number of rotatable bonds is 10. The van der Waals surface area contributed by atoms with Crippen LogP contribution in [0.25, 0.3) is 0 Å². The van der Waals surface area contributed by atoms with E-state index in [-0.39, 0.29) is 28.6 Å². The molecule has 0 spiro atoms. The first-order chi connectivity index (χ1) is 18.1. The number of anilines is 1. The maximum atomic E-state index is 12.9. The number of primary sulfonamides is 1. The molecule has 0 saturated carbocycles. The predicted molar refractivity (Wildman–Crippen MR) is 138 cm³/mol. The minimum atomic E-state index is -3.77. The third kappa shape index (κ3) is 6.38. The van der Waals surface area contributed by atoms with Gasteiger partial charge in [0.05, 0.1) is 28.6 Å². The van der Waals surface area contributed by atoms with Crippen LogP contribution in [0.3, 0.4) is 0 Å². The van der Waals surface area contributed by atoms with Gasteiger partial charge in [-0.1, -0.05) is 42.5 Å². The van der Waals surface area contributed by atoms with Crippen molar-refractivity contribution in [1.29, 1.82) is 0 Å². The van der Waals surface area contributed by atoms with Crippen LogP contribution in [0, 0.1) is 0 Å². The number of ketones is 1. The number of hydrogen-bond acceptors (Lipinski definition) is 8. The lowest BCUT2D eigenvalue weighted by Gasteiger charge is -2.16. The van der Waals surface area contributed by atoms with Gasteiger partial charge in [0.15, 0.2) is 12.4 Å². The van der Waals surface area contributed by atoms with Gasteiger partial charge in [-0.15, -0.1) is 0 Å². The SMILES string of the molecule is NS(=O)(=O)c1ccc(CCNC2CC(=O)N(c3ccc(C(=O)OCC(=O)c4ccccc4)cc3)C2=O)cc1. The Bertz CT molecular complexity index is 1450. The highest BCUT2D eigenvalue weighted by Crippen LogP contribution is 2.24. The van der Waals surface area contributed by atoms with Crippen molar-refractivity contribution in [3.63, 3.8) is 0 Å². The van der Waals surface area contributed by atoms with Crippen LogP contribution in [-0.2, 0) is 30.8 Å². The fraction of sp³-hybridized carbons (Fsp3) is 0.185. The molecule has 1 aliphatic rings. The normalized spacial score (nSPS) is 15.5. The van der Waals surface area contributed by atoms with E-state index in [2.05, 4.69) is 5.32 Å². The largest absolute Gasteiger partial charge is 0.454 e. The molecule has 196 valence electrons. The Balaban J connectivity index is 1.30. The second kappa shape index (κ2) is 11.5. The van der Waals surface area contributed by atoms with Gasteiger partial charge in [0.2, 0.25) is 15.9 Å². The van der Waals surface area contributed by atoms with Gasteiger partial charge in [-0.05, 0) is 54.9 Å². The van der Waals surface area contributed by atoms with Crippen LogP contribution in [0.4, 0.5) is 5.69 Å². The molecule has 1 heterocycles. The number of hydrogen-bond donors (Lipinski definition) is 2. The van der Waals surface area contributed by atoms with Crippen molar-refractivity contribution in [2.24, 2.45) is 5.14 Å². The average Bonchev–Trinajstić information content (AvgIpc) is 3.20. The van der Waals surface area contributed by atoms with Crippen LogP contribution in [0.1, 0.15) is 32.7 Å². The van der Waals surface area contributed by atoms with Gasteiger partial charge in [-0.25, -0.2) is 23.3 Å². The number of Topliss-reactive ketones (excluding diaryl/α,β-unsaturated/α-hetero) is 1. The summed E-state index contributed by atoms with van der Waals surface area (Å²) in [7, 11) is -3.77. The minimum absolute atomic E-state index is 0.0152. The highest BCUT2D eigenvalue weighted by atomic mass is 32.2. The summed E-state index contributed by atoms with van der Waals surface area (Å²) in [6.07, 6.45) is 0.487. The van der Waals surface area contributed by atoms with Crippen molar-refractivity contribution in [3.05, 3.63) is 95.6 Å². The fourth-order valence-electron chi connectivity index (χ4n) is 3.97. The molecule has 3 N–H and O–H groups in total. The molecule has 1 atom stereocenters. The summed E-state index contributed by atoms with van der Waals surface area (Å²) in [4.78, 5) is 51.0. The van der Waals surface area contributed by atoms with E-state index in [4.69, 9.17) is 9.88 Å². The number of nitrogens with zero attached hydrogens (tertiary/aromatic N) is 1. The van der Waals surface area contributed by atoms with Gasteiger partial charge in [0.25, 0.3) is 5.91 Å². The van der Waals surface area contributed by atoms with E-state index in [1.807, 2.05) is 0 Å².